The molecule has 8 heteroatoms. The lowest BCUT2D eigenvalue weighted by atomic mass is 10.0. The molecule has 34 heavy (non-hydrogen) atoms. The molecule has 1 unspecified atom stereocenters. The minimum absolute atomic E-state index is 0.00872. The first-order valence-corrected chi connectivity index (χ1v) is 12.1. The van der Waals surface area contributed by atoms with E-state index in [0.717, 1.165) is 17.7 Å². The minimum atomic E-state index is -0.469. The van der Waals surface area contributed by atoms with Crippen molar-refractivity contribution in [3.8, 4) is 0 Å². The van der Waals surface area contributed by atoms with Gasteiger partial charge in [0.25, 0.3) is 0 Å². The topological polar surface area (TPSA) is 64.7 Å². The Morgan fingerprint density at radius 2 is 1.65 bits per heavy atom. The van der Waals surface area contributed by atoms with Gasteiger partial charge in [-0.3, -0.25) is 9.69 Å². The highest BCUT2D eigenvalue weighted by Crippen LogP contribution is 2.24. The molecule has 1 saturated heterocycles. The highest BCUT2D eigenvalue weighted by molar-refractivity contribution is 6.30. The van der Waals surface area contributed by atoms with Crippen LogP contribution in [0.15, 0.2) is 48.5 Å². The molecule has 2 aromatic carbocycles. The molecule has 2 aromatic rings. The summed E-state index contributed by atoms with van der Waals surface area (Å²) in [6, 6.07) is 13.1. The van der Waals surface area contributed by atoms with Gasteiger partial charge in [0, 0.05) is 42.8 Å². The molecule has 3 amide bonds. The van der Waals surface area contributed by atoms with E-state index in [4.69, 9.17) is 11.6 Å². The predicted octanol–water partition coefficient (Wildman–Crippen LogP) is 4.74. The number of urea groups is 1. The van der Waals surface area contributed by atoms with Crippen LogP contribution in [0.25, 0.3) is 0 Å². The Morgan fingerprint density at radius 1 is 1.00 bits per heavy atom. The second-order valence-corrected chi connectivity index (χ2v) is 9.82. The number of amides is 3. The van der Waals surface area contributed by atoms with Crippen LogP contribution in [0.2, 0.25) is 5.02 Å². The van der Waals surface area contributed by atoms with Gasteiger partial charge in [0.2, 0.25) is 5.91 Å². The molecule has 0 aromatic heterocycles. The molecule has 3 rings (SSSR count). The van der Waals surface area contributed by atoms with Gasteiger partial charge in [-0.25, -0.2) is 9.18 Å². The van der Waals surface area contributed by atoms with Crippen molar-refractivity contribution in [2.45, 2.75) is 64.8 Å². The summed E-state index contributed by atoms with van der Waals surface area (Å²) in [6.45, 7) is 9.92. The van der Waals surface area contributed by atoms with Crippen LogP contribution in [0.1, 0.15) is 51.3 Å². The maximum atomic E-state index is 13.4. The largest absolute Gasteiger partial charge is 0.337 e. The highest BCUT2D eigenvalue weighted by atomic mass is 35.5. The number of rotatable bonds is 7. The molecule has 0 aliphatic carbocycles. The van der Waals surface area contributed by atoms with Crippen molar-refractivity contribution in [1.82, 2.24) is 20.4 Å². The number of nitrogens with one attached hydrogen (secondary N) is 2. The summed E-state index contributed by atoms with van der Waals surface area (Å²) in [6.07, 6.45) is 0.155. The van der Waals surface area contributed by atoms with E-state index < -0.39 is 6.04 Å². The summed E-state index contributed by atoms with van der Waals surface area (Å²) in [7, 11) is 0. The van der Waals surface area contributed by atoms with Crippen LogP contribution >= 0.6 is 11.6 Å². The van der Waals surface area contributed by atoms with Crippen LogP contribution in [0.4, 0.5) is 9.18 Å². The molecule has 3 atom stereocenters. The smallest absolute Gasteiger partial charge is 0.315 e. The zero-order valence-corrected chi connectivity index (χ0v) is 21.0. The first-order valence-electron chi connectivity index (χ1n) is 11.7. The molecular weight excluding hydrogens is 455 g/mol. The average Bonchev–Trinajstić information content (AvgIpc) is 2.77. The van der Waals surface area contributed by atoms with E-state index in [9.17, 15) is 14.0 Å². The fourth-order valence-electron chi connectivity index (χ4n) is 4.29. The quantitative estimate of drug-likeness (QED) is 0.591. The van der Waals surface area contributed by atoms with Crippen molar-refractivity contribution in [3.05, 3.63) is 70.5 Å². The van der Waals surface area contributed by atoms with E-state index in [2.05, 4.69) is 22.5 Å². The summed E-state index contributed by atoms with van der Waals surface area (Å²) < 4.78 is 13.2. The Morgan fingerprint density at radius 3 is 2.26 bits per heavy atom. The standard InChI is InChI=1S/C26H34ClFN4O2/c1-17(2)29-26(34)30-24(21-7-9-22(27)10-8-21)13-25(33)32-15-18(3)31(14-19(32)4)16-20-5-11-23(28)12-6-20/h5-12,17-19,24H,13-16H2,1-4H3,(H2,29,30,34)/t18-,19+,24?/m0/s1. The Balaban J connectivity index is 1.67. The minimum Gasteiger partial charge on any atom is -0.337 e. The number of halogens is 2. The Hall–Kier alpha value is -2.64. The summed E-state index contributed by atoms with van der Waals surface area (Å²) in [5.41, 5.74) is 1.87. The van der Waals surface area contributed by atoms with Gasteiger partial charge in [-0.2, -0.15) is 0 Å². The second-order valence-electron chi connectivity index (χ2n) is 9.38. The second kappa shape index (κ2) is 11.7. The molecule has 2 N–H and O–H groups in total. The summed E-state index contributed by atoms with van der Waals surface area (Å²) >= 11 is 6.03. The Labute approximate surface area is 206 Å². The Bertz CT molecular complexity index is 968. The van der Waals surface area contributed by atoms with Gasteiger partial charge in [-0.05, 0) is 63.1 Å². The Kier molecular flexibility index (Phi) is 8.91. The summed E-state index contributed by atoms with van der Waals surface area (Å²) in [5, 5.41) is 6.37. The van der Waals surface area contributed by atoms with Crippen LogP contribution in [-0.2, 0) is 11.3 Å². The van der Waals surface area contributed by atoms with E-state index in [1.165, 1.54) is 12.1 Å². The molecule has 1 heterocycles. The van der Waals surface area contributed by atoms with Crippen LogP contribution < -0.4 is 10.6 Å². The van der Waals surface area contributed by atoms with E-state index in [1.807, 2.05) is 37.8 Å². The third kappa shape index (κ3) is 7.18. The van der Waals surface area contributed by atoms with Crippen molar-refractivity contribution in [2.24, 2.45) is 0 Å². The van der Waals surface area contributed by atoms with E-state index in [0.29, 0.717) is 18.1 Å². The molecule has 6 nitrogen and oxygen atoms in total. The fourth-order valence-corrected chi connectivity index (χ4v) is 4.42. The van der Waals surface area contributed by atoms with E-state index in [-0.39, 0.29) is 42.3 Å². The number of hydrogen-bond donors (Lipinski definition) is 2. The van der Waals surface area contributed by atoms with Crippen molar-refractivity contribution in [1.29, 1.82) is 0 Å². The highest BCUT2D eigenvalue weighted by Gasteiger charge is 2.33. The van der Waals surface area contributed by atoms with Gasteiger partial charge in [0.1, 0.15) is 5.82 Å². The first-order chi connectivity index (χ1) is 16.1. The normalized spacial score (nSPS) is 19.7. The van der Waals surface area contributed by atoms with Crippen molar-refractivity contribution in [3.63, 3.8) is 0 Å². The number of hydrogen-bond acceptors (Lipinski definition) is 3. The van der Waals surface area contributed by atoms with Crippen molar-refractivity contribution < 1.29 is 14.0 Å². The monoisotopic (exact) mass is 488 g/mol. The maximum Gasteiger partial charge on any atom is 0.315 e. The molecular formula is C26H34ClFN4O2. The zero-order chi connectivity index (χ0) is 24.8. The lowest BCUT2D eigenvalue weighted by Crippen LogP contribution is -2.58. The maximum absolute atomic E-state index is 13.4. The lowest BCUT2D eigenvalue weighted by Gasteiger charge is -2.44. The molecule has 1 aliphatic heterocycles. The lowest BCUT2D eigenvalue weighted by molar-refractivity contribution is -0.137. The molecule has 0 bridgehead atoms. The predicted molar refractivity (Wildman–Crippen MR) is 133 cm³/mol. The van der Waals surface area contributed by atoms with Crippen LogP contribution in [0.3, 0.4) is 0 Å². The number of carbonyl (C=O) groups excluding carboxylic acids is 2. The molecule has 1 fully saturated rings. The fraction of sp³-hybridized carbons (Fsp3) is 0.462. The number of benzene rings is 2. The van der Waals surface area contributed by atoms with Crippen molar-refractivity contribution >= 4 is 23.5 Å². The number of piperazine rings is 1. The van der Waals surface area contributed by atoms with Gasteiger partial charge < -0.3 is 15.5 Å². The molecule has 0 spiro atoms. The number of carbonyl (C=O) groups is 2. The SMILES string of the molecule is CC(C)NC(=O)NC(CC(=O)N1C[C@H](C)N(Cc2ccc(F)cc2)C[C@H]1C)c1ccc(Cl)cc1. The summed E-state index contributed by atoms with van der Waals surface area (Å²) in [5.74, 6) is -0.253. The average molecular weight is 489 g/mol. The summed E-state index contributed by atoms with van der Waals surface area (Å²) in [4.78, 5) is 30.0. The van der Waals surface area contributed by atoms with Crippen LogP contribution in [0, 0.1) is 5.82 Å². The molecule has 184 valence electrons. The first kappa shape index (κ1) is 26.0. The molecule has 1 aliphatic rings. The van der Waals surface area contributed by atoms with E-state index >= 15 is 0 Å². The zero-order valence-electron chi connectivity index (χ0n) is 20.2. The molecule has 0 radical (unpaired) electrons. The van der Waals surface area contributed by atoms with Crippen LogP contribution in [-0.4, -0.2) is 53.0 Å². The third-order valence-electron chi connectivity index (χ3n) is 6.11. The van der Waals surface area contributed by atoms with Gasteiger partial charge in [0.05, 0.1) is 12.5 Å². The number of nitrogens with zero attached hydrogens (tertiary/aromatic N) is 2. The van der Waals surface area contributed by atoms with Crippen LogP contribution in [0.5, 0.6) is 0 Å². The molecule has 0 saturated carbocycles. The van der Waals surface area contributed by atoms with E-state index in [1.54, 1.807) is 24.3 Å². The van der Waals surface area contributed by atoms with Gasteiger partial charge >= 0.3 is 6.03 Å². The van der Waals surface area contributed by atoms with Gasteiger partial charge in [0.15, 0.2) is 0 Å². The van der Waals surface area contributed by atoms with Gasteiger partial charge in [-0.15, -0.1) is 0 Å². The van der Waals surface area contributed by atoms with Crippen molar-refractivity contribution in [2.75, 3.05) is 13.1 Å². The third-order valence-corrected chi connectivity index (χ3v) is 6.36. The van der Waals surface area contributed by atoms with Gasteiger partial charge in [-0.1, -0.05) is 35.9 Å².